The van der Waals surface area contributed by atoms with E-state index in [1.807, 2.05) is 0 Å². The van der Waals surface area contributed by atoms with E-state index in [1.54, 1.807) is 30.3 Å². The van der Waals surface area contributed by atoms with Crippen LogP contribution in [0.25, 0.3) is 11.3 Å². The van der Waals surface area contributed by atoms with Crippen molar-refractivity contribution in [3.8, 4) is 34.7 Å². The number of benzene rings is 2. The number of aromatic nitrogens is 2. The lowest BCUT2D eigenvalue weighted by molar-refractivity contribution is -0.384. The molecule has 2 atom stereocenters. The van der Waals surface area contributed by atoms with Gasteiger partial charge in [-0.15, -0.1) is 5.10 Å². The number of H-pyrrole nitrogens is 1. The van der Waals surface area contributed by atoms with Crippen LogP contribution < -0.4 is 14.2 Å². The van der Waals surface area contributed by atoms with Crippen LogP contribution in [0.1, 0.15) is 17.0 Å². The summed E-state index contributed by atoms with van der Waals surface area (Å²) in [6.07, 6.45) is 0. The Labute approximate surface area is 176 Å². The number of ether oxygens (including phenoxy) is 3. The molecule has 2 N–H and O–H groups in total. The normalized spacial score (nSPS) is 17.3. The second-order valence-electron chi connectivity index (χ2n) is 6.79. The van der Waals surface area contributed by atoms with Gasteiger partial charge >= 0.3 is 0 Å². The van der Waals surface area contributed by atoms with Crippen molar-refractivity contribution >= 4 is 11.6 Å². The maximum atomic E-state index is 11.2. The fraction of sp³-hybridized carbons (Fsp3) is 0.190. The lowest BCUT2D eigenvalue weighted by Gasteiger charge is -2.28. The molecule has 3 aromatic rings. The summed E-state index contributed by atoms with van der Waals surface area (Å²) in [4.78, 5) is 10.7. The Bertz CT molecular complexity index is 1230. The molecule has 156 valence electrons. The van der Waals surface area contributed by atoms with Gasteiger partial charge in [-0.1, -0.05) is 18.2 Å². The third-order valence-corrected chi connectivity index (χ3v) is 5.15. The quantitative estimate of drug-likeness (QED) is 0.474. The Hall–Kier alpha value is -4.39. The van der Waals surface area contributed by atoms with Gasteiger partial charge in [0.2, 0.25) is 11.8 Å². The van der Waals surface area contributed by atoms with Gasteiger partial charge in [-0.2, -0.15) is 5.26 Å². The van der Waals surface area contributed by atoms with Gasteiger partial charge in [0.1, 0.15) is 5.92 Å². The van der Waals surface area contributed by atoms with Crippen molar-refractivity contribution in [3.63, 3.8) is 0 Å². The summed E-state index contributed by atoms with van der Waals surface area (Å²) in [6, 6.07) is 13.4. The zero-order valence-electron chi connectivity index (χ0n) is 16.6. The first-order valence-corrected chi connectivity index (χ1v) is 9.19. The van der Waals surface area contributed by atoms with Crippen molar-refractivity contribution in [2.45, 2.75) is 5.92 Å². The van der Waals surface area contributed by atoms with E-state index in [2.05, 4.69) is 16.3 Å². The molecule has 2 aromatic carbocycles. The number of aromatic amines is 1. The minimum absolute atomic E-state index is 0.0789. The summed E-state index contributed by atoms with van der Waals surface area (Å²) in [6.45, 7) is 0. The van der Waals surface area contributed by atoms with E-state index < -0.39 is 16.8 Å². The summed E-state index contributed by atoms with van der Waals surface area (Å²) < 4.78 is 16.2. The molecular weight excluding hydrogens is 402 g/mol. The van der Waals surface area contributed by atoms with Crippen LogP contribution in [0.2, 0.25) is 0 Å². The fourth-order valence-electron chi connectivity index (χ4n) is 3.72. The van der Waals surface area contributed by atoms with Gasteiger partial charge in [-0.25, -0.2) is 0 Å². The van der Waals surface area contributed by atoms with Gasteiger partial charge < -0.3 is 14.2 Å². The summed E-state index contributed by atoms with van der Waals surface area (Å²) in [5.74, 6) is -0.635. The van der Waals surface area contributed by atoms with Gasteiger partial charge in [-0.05, 0) is 17.7 Å². The molecule has 2 unspecified atom stereocenters. The molecule has 0 aliphatic carbocycles. The number of non-ortho nitro benzene ring substituents is 1. The smallest absolute Gasteiger partial charge is 0.270 e. The minimum atomic E-state index is -0.930. The van der Waals surface area contributed by atoms with Crippen molar-refractivity contribution in [1.82, 2.24) is 10.2 Å². The number of hydrogen-bond acceptors (Lipinski definition) is 8. The van der Waals surface area contributed by atoms with Gasteiger partial charge in [0.25, 0.3) is 5.69 Å². The van der Waals surface area contributed by atoms with Crippen LogP contribution in [0.15, 0.2) is 42.5 Å². The molecule has 0 bridgehead atoms. The van der Waals surface area contributed by atoms with Gasteiger partial charge in [-0.3, -0.25) is 20.6 Å². The third-order valence-electron chi connectivity index (χ3n) is 5.15. The first-order chi connectivity index (χ1) is 15.0. The largest absolute Gasteiger partial charge is 0.493 e. The molecule has 31 heavy (non-hydrogen) atoms. The molecule has 0 saturated heterocycles. The van der Waals surface area contributed by atoms with Crippen LogP contribution in [0.5, 0.6) is 17.4 Å². The van der Waals surface area contributed by atoms with Gasteiger partial charge in [0, 0.05) is 23.6 Å². The number of methoxy groups -OCH3 is 2. The molecular formula is C21H17N5O5. The van der Waals surface area contributed by atoms with E-state index in [1.165, 1.54) is 26.4 Å². The molecule has 0 spiro atoms. The SMILES string of the molecule is COc1ccc(C2c3c(n[nH]c3-c3cccc([N+](=O)[O-])c3)OC(=N)C2C#N)cc1OC. The second-order valence-corrected chi connectivity index (χ2v) is 6.79. The van der Waals surface area contributed by atoms with Crippen molar-refractivity contribution in [3.05, 3.63) is 63.7 Å². The van der Waals surface area contributed by atoms with Crippen LogP contribution in [-0.4, -0.2) is 35.2 Å². The highest BCUT2D eigenvalue weighted by Crippen LogP contribution is 2.47. The lowest BCUT2D eigenvalue weighted by Crippen LogP contribution is -2.30. The first kappa shape index (κ1) is 19.9. The molecule has 0 radical (unpaired) electrons. The molecule has 1 aromatic heterocycles. The monoisotopic (exact) mass is 419 g/mol. The summed E-state index contributed by atoms with van der Waals surface area (Å²) in [5.41, 5.74) is 2.14. The average Bonchev–Trinajstić information content (AvgIpc) is 3.20. The van der Waals surface area contributed by atoms with Crippen LogP contribution in [-0.2, 0) is 0 Å². The number of nitrogens with one attached hydrogen (secondary N) is 2. The van der Waals surface area contributed by atoms with Crippen molar-refractivity contribution < 1.29 is 19.1 Å². The number of rotatable bonds is 5. The molecule has 0 fully saturated rings. The van der Waals surface area contributed by atoms with Gasteiger partial charge in [0.05, 0.1) is 36.5 Å². The number of nitriles is 1. The van der Waals surface area contributed by atoms with E-state index in [-0.39, 0.29) is 17.5 Å². The molecule has 0 saturated carbocycles. The predicted molar refractivity (Wildman–Crippen MR) is 110 cm³/mol. The van der Waals surface area contributed by atoms with E-state index in [0.717, 1.165) is 0 Å². The molecule has 2 heterocycles. The lowest BCUT2D eigenvalue weighted by atomic mass is 9.78. The number of nitro groups is 1. The highest BCUT2D eigenvalue weighted by molar-refractivity contribution is 5.86. The van der Waals surface area contributed by atoms with Crippen LogP contribution >= 0.6 is 0 Å². The number of fused-ring (bicyclic) bond motifs is 1. The van der Waals surface area contributed by atoms with Gasteiger partial charge in [0.15, 0.2) is 11.5 Å². The van der Waals surface area contributed by atoms with E-state index >= 15 is 0 Å². The third kappa shape index (κ3) is 3.32. The molecule has 1 aliphatic rings. The van der Waals surface area contributed by atoms with E-state index in [9.17, 15) is 15.4 Å². The number of nitro benzene ring substituents is 1. The average molecular weight is 419 g/mol. The topological polar surface area (TPSA) is 147 Å². The van der Waals surface area contributed by atoms with Crippen LogP contribution in [0, 0.1) is 32.8 Å². The van der Waals surface area contributed by atoms with Crippen LogP contribution in [0.4, 0.5) is 5.69 Å². The number of hydrogen-bond donors (Lipinski definition) is 2. The maximum Gasteiger partial charge on any atom is 0.270 e. The Kier molecular flexibility index (Phi) is 5.00. The molecule has 10 heteroatoms. The molecule has 0 amide bonds. The van der Waals surface area contributed by atoms with Crippen molar-refractivity contribution in [1.29, 1.82) is 10.7 Å². The second kappa shape index (κ2) is 7.79. The molecule has 1 aliphatic heterocycles. The Balaban J connectivity index is 1.93. The zero-order chi connectivity index (χ0) is 22.1. The summed E-state index contributed by atoms with van der Waals surface area (Å²) >= 11 is 0. The first-order valence-electron chi connectivity index (χ1n) is 9.19. The summed E-state index contributed by atoms with van der Waals surface area (Å²) in [7, 11) is 3.03. The van der Waals surface area contributed by atoms with E-state index in [0.29, 0.717) is 33.9 Å². The summed E-state index contributed by atoms with van der Waals surface area (Å²) in [5, 5.41) is 36.2. The minimum Gasteiger partial charge on any atom is -0.493 e. The maximum absolute atomic E-state index is 11.2. The highest BCUT2D eigenvalue weighted by atomic mass is 16.6. The Morgan fingerprint density at radius 1 is 1.23 bits per heavy atom. The fourth-order valence-corrected chi connectivity index (χ4v) is 3.72. The van der Waals surface area contributed by atoms with Crippen LogP contribution in [0.3, 0.4) is 0 Å². The standard InChI is InChI=1S/C21H17N5O5/c1-29-15-7-6-11(9-16(15)30-2)17-14(10-22)20(23)31-21-18(17)19(24-25-21)12-4-3-5-13(8-12)26(27)28/h3-9,14,17,23H,1-2H3,(H,24,25). The Morgan fingerprint density at radius 3 is 2.68 bits per heavy atom. The highest BCUT2D eigenvalue weighted by Gasteiger charge is 2.41. The zero-order valence-corrected chi connectivity index (χ0v) is 16.6. The molecule has 4 rings (SSSR count). The van der Waals surface area contributed by atoms with E-state index in [4.69, 9.17) is 19.6 Å². The number of nitrogens with zero attached hydrogens (tertiary/aromatic N) is 3. The van der Waals surface area contributed by atoms with Crippen molar-refractivity contribution in [2.24, 2.45) is 5.92 Å². The van der Waals surface area contributed by atoms with Crippen molar-refractivity contribution in [2.75, 3.05) is 14.2 Å². The predicted octanol–water partition coefficient (Wildman–Crippen LogP) is 3.64. The Morgan fingerprint density at radius 2 is 2.00 bits per heavy atom. The molecule has 10 nitrogen and oxygen atoms in total.